The van der Waals surface area contributed by atoms with Crippen LogP contribution in [0.15, 0.2) is 21.4 Å². The minimum Gasteiger partial charge on any atom is -0.317 e. The van der Waals surface area contributed by atoms with Gasteiger partial charge >= 0.3 is 11.9 Å². The average Bonchev–Trinajstić information content (AvgIpc) is 2.73. The second kappa shape index (κ2) is 6.25. The smallest absolute Gasteiger partial charge is 0.317 e. The van der Waals surface area contributed by atoms with Crippen molar-refractivity contribution in [3.63, 3.8) is 0 Å². The number of halogens is 5. The number of hydrogen-bond acceptors (Lipinski definition) is 2. The highest BCUT2D eigenvalue weighted by Gasteiger charge is 2.34. The number of aromatic nitrogens is 2. The number of alkyl halides is 3. The van der Waals surface area contributed by atoms with Gasteiger partial charge in [-0.15, -0.1) is 12.4 Å². The lowest BCUT2D eigenvalue weighted by Gasteiger charge is -2.24. The zero-order valence-corrected chi connectivity index (χ0v) is 13.7. The predicted molar refractivity (Wildman–Crippen MR) is 83.6 cm³/mol. The van der Waals surface area contributed by atoms with Crippen LogP contribution in [0.2, 0.25) is 0 Å². The molecule has 1 aliphatic heterocycles. The number of aromatic amines is 1. The maximum atomic E-state index is 12.9. The molecule has 0 saturated carbocycles. The number of hydrogen-bond donors (Lipinski definition) is 2. The summed E-state index contributed by atoms with van der Waals surface area (Å²) in [6.45, 7) is 1.59. The molecule has 1 saturated heterocycles. The van der Waals surface area contributed by atoms with Crippen LogP contribution in [0.4, 0.5) is 13.2 Å². The molecule has 1 aromatic carbocycles. The predicted octanol–water partition coefficient (Wildman–Crippen LogP) is 3.46. The summed E-state index contributed by atoms with van der Waals surface area (Å²) in [6.07, 6.45) is -2.89. The van der Waals surface area contributed by atoms with Crippen LogP contribution in [0.25, 0.3) is 11.0 Å². The van der Waals surface area contributed by atoms with E-state index in [1.807, 2.05) is 0 Å². The summed E-state index contributed by atoms with van der Waals surface area (Å²) in [6, 6.07) is 2.37. The van der Waals surface area contributed by atoms with E-state index in [1.54, 1.807) is 4.57 Å². The minimum absolute atomic E-state index is 0. The molecule has 22 heavy (non-hydrogen) atoms. The molecule has 0 radical (unpaired) electrons. The van der Waals surface area contributed by atoms with Gasteiger partial charge in [0.1, 0.15) is 0 Å². The van der Waals surface area contributed by atoms with Crippen molar-refractivity contribution in [2.45, 2.75) is 25.1 Å². The van der Waals surface area contributed by atoms with Crippen LogP contribution >= 0.6 is 28.3 Å². The number of nitrogens with one attached hydrogen (secondary N) is 2. The van der Waals surface area contributed by atoms with Gasteiger partial charge in [-0.25, -0.2) is 4.79 Å². The third-order valence-electron chi connectivity index (χ3n) is 3.78. The molecule has 4 nitrogen and oxygen atoms in total. The van der Waals surface area contributed by atoms with E-state index in [-0.39, 0.29) is 34.1 Å². The molecule has 1 fully saturated rings. The summed E-state index contributed by atoms with van der Waals surface area (Å²) in [7, 11) is 0. The Kier molecular flexibility index (Phi) is 4.93. The second-order valence-corrected chi connectivity index (χ2v) is 5.98. The third-order valence-corrected chi connectivity index (χ3v) is 4.44. The van der Waals surface area contributed by atoms with Gasteiger partial charge in [0.15, 0.2) is 0 Å². The molecule has 2 N–H and O–H groups in total. The fraction of sp³-hybridized carbons (Fsp3) is 0.462. The van der Waals surface area contributed by atoms with E-state index in [0.29, 0.717) is 5.52 Å². The Bertz CT molecular complexity index is 734. The zero-order valence-electron chi connectivity index (χ0n) is 11.3. The molecule has 1 aromatic heterocycles. The number of piperidine rings is 1. The fourth-order valence-corrected chi connectivity index (χ4v) is 3.35. The molecular weight excluding hydrogens is 387 g/mol. The first kappa shape index (κ1) is 17.4. The van der Waals surface area contributed by atoms with Crippen LogP contribution < -0.4 is 11.0 Å². The molecule has 2 aromatic rings. The molecule has 0 atom stereocenters. The largest absolute Gasteiger partial charge is 0.417 e. The molecule has 2 heterocycles. The highest BCUT2D eigenvalue weighted by Crippen LogP contribution is 2.37. The first-order chi connectivity index (χ1) is 9.88. The summed E-state index contributed by atoms with van der Waals surface area (Å²) in [4.78, 5) is 14.6. The number of rotatable bonds is 1. The van der Waals surface area contributed by atoms with Gasteiger partial charge in [-0.05, 0) is 38.1 Å². The second-order valence-electron chi connectivity index (χ2n) is 5.13. The fourth-order valence-electron chi connectivity index (χ4n) is 2.79. The summed E-state index contributed by atoms with van der Waals surface area (Å²) < 4.78 is 40.2. The monoisotopic (exact) mass is 399 g/mol. The molecular formula is C13H14BrClF3N3O. The van der Waals surface area contributed by atoms with Gasteiger partial charge in [0, 0.05) is 10.5 Å². The van der Waals surface area contributed by atoms with E-state index in [2.05, 4.69) is 26.2 Å². The summed E-state index contributed by atoms with van der Waals surface area (Å²) >= 11 is 2.96. The topological polar surface area (TPSA) is 49.8 Å². The number of imidazole rings is 1. The SMILES string of the molecule is Cl.O=c1[nH]c2cc(C(F)(F)F)c(Br)cc2n1C1CCNCC1. The molecule has 0 unspecified atom stereocenters. The lowest BCUT2D eigenvalue weighted by atomic mass is 10.1. The molecule has 0 bridgehead atoms. The van der Waals surface area contributed by atoms with Crippen LogP contribution in [0.5, 0.6) is 0 Å². The summed E-state index contributed by atoms with van der Waals surface area (Å²) in [5.41, 5.74) is -0.419. The Morgan fingerprint density at radius 2 is 1.86 bits per heavy atom. The van der Waals surface area contributed by atoms with Gasteiger partial charge in [-0.3, -0.25) is 4.57 Å². The lowest BCUT2D eigenvalue weighted by molar-refractivity contribution is -0.138. The standard InChI is InChI=1S/C13H13BrF3N3O.ClH/c14-9-6-11-10(5-8(9)13(15,16)17)19-12(21)20(11)7-1-3-18-4-2-7;/h5-7,18H,1-4H2,(H,19,21);1H. The summed E-state index contributed by atoms with van der Waals surface area (Å²) in [5.74, 6) is 0. The Balaban J connectivity index is 0.00000176. The van der Waals surface area contributed by atoms with Crippen LogP contribution in [-0.2, 0) is 6.18 Å². The zero-order chi connectivity index (χ0) is 15.2. The molecule has 3 rings (SSSR count). The van der Waals surface area contributed by atoms with Gasteiger partial charge in [-0.2, -0.15) is 13.2 Å². The Morgan fingerprint density at radius 3 is 2.45 bits per heavy atom. The molecule has 9 heteroatoms. The third kappa shape index (κ3) is 3.04. The van der Waals surface area contributed by atoms with E-state index >= 15 is 0 Å². The molecule has 0 amide bonds. The van der Waals surface area contributed by atoms with Gasteiger partial charge in [0.25, 0.3) is 0 Å². The Labute approximate surface area is 138 Å². The number of benzene rings is 1. The van der Waals surface area contributed by atoms with Crippen molar-refractivity contribution < 1.29 is 13.2 Å². The van der Waals surface area contributed by atoms with Gasteiger partial charge < -0.3 is 10.3 Å². The van der Waals surface area contributed by atoms with Crippen molar-refractivity contribution in [3.8, 4) is 0 Å². The Morgan fingerprint density at radius 1 is 1.23 bits per heavy atom. The van der Waals surface area contributed by atoms with Crippen molar-refractivity contribution in [1.29, 1.82) is 0 Å². The lowest BCUT2D eigenvalue weighted by Crippen LogP contribution is -2.33. The average molecular weight is 401 g/mol. The van der Waals surface area contributed by atoms with Crippen molar-refractivity contribution in [2.75, 3.05) is 13.1 Å². The molecule has 1 aliphatic rings. The van der Waals surface area contributed by atoms with E-state index < -0.39 is 11.7 Å². The van der Waals surface area contributed by atoms with E-state index in [9.17, 15) is 18.0 Å². The van der Waals surface area contributed by atoms with Crippen molar-refractivity contribution in [1.82, 2.24) is 14.9 Å². The highest BCUT2D eigenvalue weighted by atomic mass is 79.9. The van der Waals surface area contributed by atoms with Crippen molar-refractivity contribution in [3.05, 3.63) is 32.7 Å². The maximum absolute atomic E-state index is 12.9. The molecule has 122 valence electrons. The number of H-pyrrole nitrogens is 1. The van der Waals surface area contributed by atoms with E-state index in [1.165, 1.54) is 6.07 Å². The van der Waals surface area contributed by atoms with Gasteiger partial charge in [0.05, 0.1) is 16.6 Å². The first-order valence-electron chi connectivity index (χ1n) is 6.59. The van der Waals surface area contributed by atoms with E-state index in [0.717, 1.165) is 32.0 Å². The minimum atomic E-state index is -4.46. The van der Waals surface area contributed by atoms with Gasteiger partial charge in [-0.1, -0.05) is 15.9 Å². The number of nitrogens with zero attached hydrogens (tertiary/aromatic N) is 1. The normalized spacial score (nSPS) is 16.7. The Hall–Kier alpha value is -0.990. The summed E-state index contributed by atoms with van der Waals surface area (Å²) in [5, 5.41) is 3.20. The van der Waals surface area contributed by atoms with Crippen LogP contribution in [0, 0.1) is 0 Å². The maximum Gasteiger partial charge on any atom is 0.417 e. The first-order valence-corrected chi connectivity index (χ1v) is 7.39. The van der Waals surface area contributed by atoms with Crippen LogP contribution in [0.3, 0.4) is 0 Å². The van der Waals surface area contributed by atoms with Crippen molar-refractivity contribution in [2.24, 2.45) is 0 Å². The quantitative estimate of drug-likeness (QED) is 0.770. The molecule has 0 aliphatic carbocycles. The van der Waals surface area contributed by atoms with Crippen LogP contribution in [-0.4, -0.2) is 22.6 Å². The number of fused-ring (bicyclic) bond motifs is 1. The van der Waals surface area contributed by atoms with Crippen LogP contribution in [0.1, 0.15) is 24.4 Å². The van der Waals surface area contributed by atoms with Gasteiger partial charge in [0.2, 0.25) is 0 Å². The molecule has 0 spiro atoms. The van der Waals surface area contributed by atoms with Crippen molar-refractivity contribution >= 4 is 39.4 Å². The van der Waals surface area contributed by atoms with E-state index in [4.69, 9.17) is 0 Å². The highest BCUT2D eigenvalue weighted by molar-refractivity contribution is 9.10.